The summed E-state index contributed by atoms with van der Waals surface area (Å²) in [4.78, 5) is 0. The Kier molecular flexibility index (Phi) is 3.41. The van der Waals surface area contributed by atoms with Gasteiger partial charge >= 0.3 is 0 Å². The summed E-state index contributed by atoms with van der Waals surface area (Å²) in [6, 6.07) is 10.3. The van der Waals surface area contributed by atoms with Gasteiger partial charge < -0.3 is 5.73 Å². The van der Waals surface area contributed by atoms with Gasteiger partial charge in [-0.25, -0.2) is 4.68 Å². The van der Waals surface area contributed by atoms with Crippen LogP contribution in [0.15, 0.2) is 30.3 Å². The number of nitrogens with two attached hydrogens (primary N) is 1. The van der Waals surface area contributed by atoms with Crippen molar-refractivity contribution >= 4 is 5.82 Å². The van der Waals surface area contributed by atoms with E-state index in [4.69, 9.17) is 5.73 Å². The minimum atomic E-state index is 0.389. The molecule has 2 N–H and O–H groups in total. The lowest BCUT2D eigenvalue weighted by molar-refractivity contribution is 0.757. The predicted octanol–water partition coefficient (Wildman–Crippen LogP) is 3.70. The van der Waals surface area contributed by atoms with E-state index in [9.17, 15) is 0 Å². The first-order valence-corrected chi connectivity index (χ1v) is 6.45. The maximum absolute atomic E-state index is 6.08. The molecule has 0 unspecified atom stereocenters. The van der Waals surface area contributed by atoms with Gasteiger partial charge in [0.2, 0.25) is 0 Å². The molecule has 0 fully saturated rings. The Morgan fingerprint density at radius 3 is 2.28 bits per heavy atom. The fraction of sp³-hybridized carbons (Fsp3) is 0.400. The van der Waals surface area contributed by atoms with Crippen LogP contribution < -0.4 is 5.73 Å². The smallest absolute Gasteiger partial charge is 0.127 e. The molecule has 2 aromatic rings. The van der Waals surface area contributed by atoms with E-state index in [-0.39, 0.29) is 0 Å². The van der Waals surface area contributed by atoms with E-state index in [1.807, 2.05) is 16.8 Å². The van der Waals surface area contributed by atoms with E-state index in [2.05, 4.69) is 51.0 Å². The number of rotatable bonds is 3. The largest absolute Gasteiger partial charge is 0.384 e. The van der Waals surface area contributed by atoms with E-state index in [1.54, 1.807) is 0 Å². The highest BCUT2D eigenvalue weighted by Crippen LogP contribution is 2.26. The SMILES string of the molecule is CC(C)c1cc(N)n(-c2ccccc2C(C)C)n1. The van der Waals surface area contributed by atoms with Crippen molar-refractivity contribution in [3.63, 3.8) is 0 Å². The third-order valence-corrected chi connectivity index (χ3v) is 3.13. The molecule has 96 valence electrons. The molecule has 1 aromatic carbocycles. The van der Waals surface area contributed by atoms with Crippen molar-refractivity contribution < 1.29 is 0 Å². The molecular weight excluding hydrogens is 222 g/mol. The summed E-state index contributed by atoms with van der Waals surface area (Å²) in [6.07, 6.45) is 0. The van der Waals surface area contributed by atoms with E-state index < -0.39 is 0 Å². The number of nitrogens with zero attached hydrogens (tertiary/aromatic N) is 2. The second-order valence-electron chi connectivity index (χ2n) is 5.27. The van der Waals surface area contributed by atoms with Gasteiger partial charge in [-0.05, 0) is 23.5 Å². The third kappa shape index (κ3) is 2.26. The molecule has 0 saturated heterocycles. The summed E-state index contributed by atoms with van der Waals surface area (Å²) in [5, 5.41) is 4.61. The molecule has 1 heterocycles. The molecular formula is C15H21N3. The molecule has 0 radical (unpaired) electrons. The Morgan fingerprint density at radius 1 is 1.06 bits per heavy atom. The Morgan fingerprint density at radius 2 is 1.72 bits per heavy atom. The zero-order valence-corrected chi connectivity index (χ0v) is 11.5. The van der Waals surface area contributed by atoms with Crippen LogP contribution in [0.4, 0.5) is 5.82 Å². The van der Waals surface area contributed by atoms with Crippen LogP contribution in [0.25, 0.3) is 5.69 Å². The van der Waals surface area contributed by atoms with Crippen molar-refractivity contribution in [1.82, 2.24) is 9.78 Å². The minimum Gasteiger partial charge on any atom is -0.384 e. The molecule has 0 atom stereocenters. The molecule has 0 amide bonds. The van der Waals surface area contributed by atoms with E-state index in [0.29, 0.717) is 17.7 Å². The Hall–Kier alpha value is -1.77. The lowest BCUT2D eigenvalue weighted by atomic mass is 10.0. The van der Waals surface area contributed by atoms with Crippen LogP contribution in [0.5, 0.6) is 0 Å². The van der Waals surface area contributed by atoms with Crippen molar-refractivity contribution in [3.05, 3.63) is 41.6 Å². The summed E-state index contributed by atoms with van der Waals surface area (Å²) in [7, 11) is 0. The standard InChI is InChI=1S/C15H21N3/c1-10(2)12-7-5-6-8-14(12)18-15(16)9-13(17-18)11(3)4/h5-11H,16H2,1-4H3. The minimum absolute atomic E-state index is 0.389. The number of benzene rings is 1. The Bertz CT molecular complexity index is 538. The highest BCUT2D eigenvalue weighted by molar-refractivity contribution is 5.49. The lowest BCUT2D eigenvalue weighted by Crippen LogP contribution is -2.06. The van der Waals surface area contributed by atoms with Gasteiger partial charge in [0.15, 0.2) is 0 Å². The molecule has 3 heteroatoms. The fourth-order valence-electron chi connectivity index (χ4n) is 2.06. The van der Waals surface area contributed by atoms with Crippen molar-refractivity contribution in [2.45, 2.75) is 39.5 Å². The van der Waals surface area contributed by atoms with Gasteiger partial charge in [-0.1, -0.05) is 45.9 Å². The van der Waals surface area contributed by atoms with Gasteiger partial charge in [-0.2, -0.15) is 5.10 Å². The molecule has 3 nitrogen and oxygen atoms in total. The number of aromatic nitrogens is 2. The summed E-state index contributed by atoms with van der Waals surface area (Å²) in [5.74, 6) is 1.54. The molecule has 0 aliphatic carbocycles. The molecule has 2 rings (SSSR count). The second kappa shape index (κ2) is 4.84. The van der Waals surface area contributed by atoms with Crippen LogP contribution in [-0.2, 0) is 0 Å². The maximum atomic E-state index is 6.08. The van der Waals surface area contributed by atoms with Gasteiger partial charge in [0.1, 0.15) is 5.82 Å². The number of anilines is 1. The first-order chi connectivity index (χ1) is 8.50. The Labute approximate surface area is 109 Å². The summed E-state index contributed by atoms with van der Waals surface area (Å²) < 4.78 is 1.85. The molecule has 0 saturated carbocycles. The van der Waals surface area contributed by atoms with Gasteiger partial charge in [-0.3, -0.25) is 0 Å². The predicted molar refractivity (Wildman–Crippen MR) is 76.2 cm³/mol. The first kappa shape index (κ1) is 12.7. The maximum Gasteiger partial charge on any atom is 0.127 e. The van der Waals surface area contributed by atoms with Crippen molar-refractivity contribution in [3.8, 4) is 5.69 Å². The molecule has 1 aromatic heterocycles. The number of nitrogen functional groups attached to an aromatic ring is 1. The topological polar surface area (TPSA) is 43.8 Å². The lowest BCUT2D eigenvalue weighted by Gasteiger charge is -2.13. The summed E-state index contributed by atoms with van der Waals surface area (Å²) in [5.41, 5.74) is 9.46. The van der Waals surface area contributed by atoms with Crippen LogP contribution in [0.2, 0.25) is 0 Å². The molecule has 0 spiro atoms. The molecule has 18 heavy (non-hydrogen) atoms. The first-order valence-electron chi connectivity index (χ1n) is 6.45. The average molecular weight is 243 g/mol. The van der Waals surface area contributed by atoms with Crippen LogP contribution in [0.1, 0.15) is 50.8 Å². The quantitative estimate of drug-likeness (QED) is 0.893. The van der Waals surface area contributed by atoms with Crippen LogP contribution in [-0.4, -0.2) is 9.78 Å². The van der Waals surface area contributed by atoms with Gasteiger partial charge in [0.05, 0.1) is 11.4 Å². The third-order valence-electron chi connectivity index (χ3n) is 3.13. The molecule has 0 bridgehead atoms. The van der Waals surface area contributed by atoms with Gasteiger partial charge in [0.25, 0.3) is 0 Å². The zero-order chi connectivity index (χ0) is 13.3. The van der Waals surface area contributed by atoms with Crippen LogP contribution in [0, 0.1) is 0 Å². The average Bonchev–Trinajstić information content (AvgIpc) is 2.71. The number of hydrogen-bond acceptors (Lipinski definition) is 2. The summed E-state index contributed by atoms with van der Waals surface area (Å²) >= 11 is 0. The van der Waals surface area contributed by atoms with Crippen LogP contribution in [0.3, 0.4) is 0 Å². The highest BCUT2D eigenvalue weighted by atomic mass is 15.3. The van der Waals surface area contributed by atoms with Crippen LogP contribution >= 0.6 is 0 Å². The Balaban J connectivity index is 2.55. The highest BCUT2D eigenvalue weighted by Gasteiger charge is 2.13. The zero-order valence-electron chi connectivity index (χ0n) is 11.5. The number of hydrogen-bond donors (Lipinski definition) is 1. The molecule has 0 aliphatic heterocycles. The van der Waals surface area contributed by atoms with E-state index in [0.717, 1.165) is 11.4 Å². The van der Waals surface area contributed by atoms with Gasteiger partial charge in [0, 0.05) is 6.07 Å². The number of para-hydroxylation sites is 1. The fourth-order valence-corrected chi connectivity index (χ4v) is 2.06. The second-order valence-corrected chi connectivity index (χ2v) is 5.27. The summed E-state index contributed by atoms with van der Waals surface area (Å²) in [6.45, 7) is 8.62. The molecule has 0 aliphatic rings. The van der Waals surface area contributed by atoms with Gasteiger partial charge in [-0.15, -0.1) is 0 Å². The van der Waals surface area contributed by atoms with E-state index in [1.165, 1.54) is 5.56 Å². The van der Waals surface area contributed by atoms with Crippen molar-refractivity contribution in [2.24, 2.45) is 0 Å². The van der Waals surface area contributed by atoms with E-state index >= 15 is 0 Å². The van der Waals surface area contributed by atoms with Crippen molar-refractivity contribution in [1.29, 1.82) is 0 Å². The monoisotopic (exact) mass is 243 g/mol. The van der Waals surface area contributed by atoms with Crippen molar-refractivity contribution in [2.75, 3.05) is 5.73 Å². The normalized spacial score (nSPS) is 11.4.